The fourth-order valence-electron chi connectivity index (χ4n) is 3.54. The van der Waals surface area contributed by atoms with Gasteiger partial charge in [0, 0.05) is 25.0 Å². The molecule has 2 aliphatic heterocycles. The molecule has 3 rings (SSSR count). The van der Waals surface area contributed by atoms with Gasteiger partial charge < -0.3 is 38.6 Å². The van der Waals surface area contributed by atoms with Crippen molar-refractivity contribution in [3.8, 4) is 11.5 Å². The van der Waals surface area contributed by atoms with E-state index in [1.165, 1.54) is 0 Å². The number of hydrogen-bond donors (Lipinski definition) is 2. The minimum absolute atomic E-state index is 0.0229. The Hall–Kier alpha value is -2.33. The highest BCUT2D eigenvalue weighted by Gasteiger charge is 2.38. The second kappa shape index (κ2) is 11.2. The summed E-state index contributed by atoms with van der Waals surface area (Å²) in [4.78, 5) is 11.6. The molecule has 0 fully saturated rings. The van der Waals surface area contributed by atoms with E-state index in [1.807, 2.05) is 25.1 Å². The molecule has 0 saturated heterocycles. The van der Waals surface area contributed by atoms with Crippen LogP contribution < -0.4 is 9.47 Å². The molecule has 1 aromatic rings. The third-order valence-electron chi connectivity index (χ3n) is 4.91. The Morgan fingerprint density at radius 3 is 2.63 bits per heavy atom. The van der Waals surface area contributed by atoms with Gasteiger partial charge in [0.15, 0.2) is 11.5 Å². The number of allylic oxidation sites excluding steroid dienone is 1. The Bertz CT molecular complexity index is 733. The molecule has 0 aromatic heterocycles. The largest absolute Gasteiger partial charge is 0.475 e. The van der Waals surface area contributed by atoms with Gasteiger partial charge in [0.25, 0.3) is 0 Å². The fraction of sp³-hybridized carbons (Fsp3) is 0.571. The number of fused-ring (bicyclic) bond motifs is 1. The van der Waals surface area contributed by atoms with E-state index >= 15 is 0 Å². The van der Waals surface area contributed by atoms with Crippen LogP contribution in [-0.2, 0) is 23.7 Å². The summed E-state index contributed by atoms with van der Waals surface area (Å²) < 4.78 is 33.1. The van der Waals surface area contributed by atoms with Gasteiger partial charge in [-0.3, -0.25) is 0 Å². The van der Waals surface area contributed by atoms with Crippen LogP contribution in [-0.4, -0.2) is 68.9 Å². The van der Waals surface area contributed by atoms with Crippen LogP contribution in [0.4, 0.5) is 0 Å². The minimum Gasteiger partial charge on any atom is -0.475 e. The third-order valence-corrected chi connectivity index (χ3v) is 4.91. The Kier molecular flexibility index (Phi) is 8.32. The third kappa shape index (κ3) is 5.63. The van der Waals surface area contributed by atoms with E-state index in [4.69, 9.17) is 33.5 Å². The zero-order chi connectivity index (χ0) is 21.3. The van der Waals surface area contributed by atoms with Crippen molar-refractivity contribution in [2.24, 2.45) is 5.92 Å². The standard InChI is InChI=1S/C21H28O9/c1-2-27-21-15(5-7-25-9-10-26-8-6-22)16(12-19(30-21)20(23)24)14-3-4-17-18(11-14)29-13-28-17/h3-4,11-12,15-16,21-22H,2,5-10,13H2,1H3,(H,23,24)/t15-,16+,21+/m1/s1. The van der Waals surface area contributed by atoms with Crippen LogP contribution in [0.3, 0.4) is 0 Å². The number of ether oxygens (including phenoxy) is 6. The van der Waals surface area contributed by atoms with Gasteiger partial charge >= 0.3 is 5.97 Å². The summed E-state index contributed by atoms with van der Waals surface area (Å²) in [5.74, 6) is -0.394. The van der Waals surface area contributed by atoms with Crippen LogP contribution in [0.15, 0.2) is 30.0 Å². The van der Waals surface area contributed by atoms with Crippen molar-refractivity contribution in [1.29, 1.82) is 0 Å². The van der Waals surface area contributed by atoms with Crippen LogP contribution in [0, 0.1) is 5.92 Å². The lowest BCUT2D eigenvalue weighted by atomic mass is 9.81. The number of aliphatic hydroxyl groups is 1. The number of benzene rings is 1. The average molecular weight is 424 g/mol. The lowest BCUT2D eigenvalue weighted by molar-refractivity contribution is -0.174. The summed E-state index contributed by atoms with van der Waals surface area (Å²) in [5.41, 5.74) is 0.891. The van der Waals surface area contributed by atoms with Crippen molar-refractivity contribution in [2.45, 2.75) is 25.6 Å². The van der Waals surface area contributed by atoms with E-state index in [-0.39, 0.29) is 37.6 Å². The minimum atomic E-state index is -1.14. The van der Waals surface area contributed by atoms with Gasteiger partial charge in [-0.1, -0.05) is 6.07 Å². The van der Waals surface area contributed by atoms with Crippen molar-refractivity contribution in [3.63, 3.8) is 0 Å². The van der Waals surface area contributed by atoms with Crippen LogP contribution >= 0.6 is 0 Å². The number of carbonyl (C=O) groups is 1. The lowest BCUT2D eigenvalue weighted by Gasteiger charge is -2.36. The highest BCUT2D eigenvalue weighted by Crippen LogP contribution is 2.42. The van der Waals surface area contributed by atoms with Gasteiger partial charge in [0.05, 0.1) is 26.4 Å². The Balaban J connectivity index is 1.75. The van der Waals surface area contributed by atoms with Gasteiger partial charge in [0.2, 0.25) is 18.8 Å². The Labute approximate surface area is 175 Å². The molecule has 0 aliphatic carbocycles. The molecule has 0 saturated carbocycles. The molecule has 3 atom stereocenters. The normalized spacial score (nSPS) is 22.5. The predicted molar refractivity (Wildman–Crippen MR) is 104 cm³/mol. The topological polar surface area (TPSA) is 113 Å². The molecular weight excluding hydrogens is 396 g/mol. The first kappa shape index (κ1) is 22.4. The van der Waals surface area contributed by atoms with E-state index in [0.29, 0.717) is 44.3 Å². The summed E-state index contributed by atoms with van der Waals surface area (Å²) in [6.07, 6.45) is 1.49. The molecule has 9 nitrogen and oxygen atoms in total. The van der Waals surface area contributed by atoms with E-state index < -0.39 is 12.3 Å². The molecule has 166 valence electrons. The number of carboxylic acid groups (broad SMARTS) is 1. The molecule has 0 bridgehead atoms. The first-order valence-electron chi connectivity index (χ1n) is 10.0. The molecule has 0 radical (unpaired) electrons. The van der Waals surface area contributed by atoms with Crippen molar-refractivity contribution in [2.75, 3.05) is 46.4 Å². The molecule has 2 N–H and O–H groups in total. The highest BCUT2D eigenvalue weighted by molar-refractivity contribution is 5.84. The maximum Gasteiger partial charge on any atom is 0.370 e. The van der Waals surface area contributed by atoms with Gasteiger partial charge in [-0.05, 0) is 37.1 Å². The highest BCUT2D eigenvalue weighted by atomic mass is 16.7. The molecule has 0 amide bonds. The monoisotopic (exact) mass is 424 g/mol. The molecule has 9 heteroatoms. The van der Waals surface area contributed by atoms with Crippen LogP contribution in [0.2, 0.25) is 0 Å². The van der Waals surface area contributed by atoms with Crippen molar-refractivity contribution < 1.29 is 43.4 Å². The van der Waals surface area contributed by atoms with Crippen LogP contribution in [0.25, 0.3) is 0 Å². The average Bonchev–Trinajstić information content (AvgIpc) is 3.21. The number of rotatable bonds is 12. The molecule has 1 aromatic carbocycles. The Morgan fingerprint density at radius 1 is 1.13 bits per heavy atom. The van der Waals surface area contributed by atoms with Crippen LogP contribution in [0.1, 0.15) is 24.8 Å². The lowest BCUT2D eigenvalue weighted by Crippen LogP contribution is -2.37. The molecule has 2 aliphatic rings. The summed E-state index contributed by atoms with van der Waals surface area (Å²) in [6.45, 7) is 3.87. The van der Waals surface area contributed by atoms with E-state index in [0.717, 1.165) is 5.56 Å². The molecule has 2 heterocycles. The van der Waals surface area contributed by atoms with Gasteiger partial charge in [-0.2, -0.15) is 0 Å². The van der Waals surface area contributed by atoms with Crippen LogP contribution in [0.5, 0.6) is 11.5 Å². The number of aliphatic hydroxyl groups excluding tert-OH is 1. The summed E-state index contributed by atoms with van der Waals surface area (Å²) >= 11 is 0. The maximum absolute atomic E-state index is 11.6. The smallest absolute Gasteiger partial charge is 0.370 e. The molecule has 0 unspecified atom stereocenters. The van der Waals surface area contributed by atoms with E-state index in [2.05, 4.69) is 0 Å². The summed E-state index contributed by atoms with van der Waals surface area (Å²) in [6, 6.07) is 5.59. The number of aliphatic carboxylic acids is 1. The number of carboxylic acids is 1. The predicted octanol–water partition coefficient (Wildman–Crippen LogP) is 1.89. The maximum atomic E-state index is 11.6. The zero-order valence-corrected chi connectivity index (χ0v) is 17.0. The van der Waals surface area contributed by atoms with Gasteiger partial charge in [-0.25, -0.2) is 4.79 Å². The first-order chi connectivity index (χ1) is 14.6. The summed E-state index contributed by atoms with van der Waals surface area (Å²) in [5, 5.41) is 18.2. The molecular formula is C21H28O9. The SMILES string of the molecule is CCO[C@H]1OC(C(=O)O)=C[C@@H](c2ccc3c(c2)OCO3)[C@H]1CCOCCOCCO. The molecule has 30 heavy (non-hydrogen) atoms. The second-order valence-corrected chi connectivity index (χ2v) is 6.82. The fourth-order valence-corrected chi connectivity index (χ4v) is 3.54. The van der Waals surface area contributed by atoms with Crippen molar-refractivity contribution >= 4 is 5.97 Å². The zero-order valence-electron chi connectivity index (χ0n) is 17.0. The quantitative estimate of drug-likeness (QED) is 0.486. The van der Waals surface area contributed by atoms with Crippen molar-refractivity contribution in [1.82, 2.24) is 0 Å². The Morgan fingerprint density at radius 2 is 1.90 bits per heavy atom. The van der Waals surface area contributed by atoms with Crippen molar-refractivity contribution in [3.05, 3.63) is 35.6 Å². The number of hydrogen-bond acceptors (Lipinski definition) is 8. The first-order valence-corrected chi connectivity index (χ1v) is 10.0. The van der Waals surface area contributed by atoms with E-state index in [9.17, 15) is 9.90 Å². The second-order valence-electron chi connectivity index (χ2n) is 6.82. The molecule has 0 spiro atoms. The van der Waals surface area contributed by atoms with Gasteiger partial charge in [-0.15, -0.1) is 0 Å². The van der Waals surface area contributed by atoms with Gasteiger partial charge in [0.1, 0.15) is 0 Å². The van der Waals surface area contributed by atoms with E-state index in [1.54, 1.807) is 6.08 Å². The summed E-state index contributed by atoms with van der Waals surface area (Å²) in [7, 11) is 0.